The second kappa shape index (κ2) is 7.55. The van der Waals surface area contributed by atoms with Gasteiger partial charge in [0.25, 0.3) is 5.91 Å². The van der Waals surface area contributed by atoms with Crippen LogP contribution in [0.1, 0.15) is 10.4 Å². The number of nitrogens with one attached hydrogen (secondary N) is 2. The van der Waals surface area contributed by atoms with Gasteiger partial charge in [0.1, 0.15) is 0 Å². The highest BCUT2D eigenvalue weighted by Crippen LogP contribution is 2.23. The number of likely N-dealkylation sites (N-methyl/N-ethyl adjacent to an activating group) is 1. The van der Waals surface area contributed by atoms with Crippen molar-refractivity contribution >= 4 is 44.8 Å². The molecule has 2 N–H and O–H groups in total. The van der Waals surface area contributed by atoms with Crippen molar-refractivity contribution in [2.45, 2.75) is 0 Å². The summed E-state index contributed by atoms with van der Waals surface area (Å²) in [6.45, 7) is 4.43. The van der Waals surface area contributed by atoms with E-state index in [2.05, 4.69) is 45.3 Å². The van der Waals surface area contributed by atoms with Crippen LogP contribution in [0.3, 0.4) is 0 Å². The minimum atomic E-state index is -0.211. The van der Waals surface area contributed by atoms with E-state index in [-0.39, 0.29) is 5.91 Å². The van der Waals surface area contributed by atoms with Crippen molar-refractivity contribution in [2.24, 2.45) is 0 Å². The van der Waals surface area contributed by atoms with Gasteiger partial charge >= 0.3 is 0 Å². The summed E-state index contributed by atoms with van der Waals surface area (Å²) < 4.78 is 0.824. The Balaban J connectivity index is 1.68. The highest BCUT2D eigenvalue weighted by atomic mass is 79.9. The molecule has 1 saturated heterocycles. The fourth-order valence-corrected chi connectivity index (χ4v) is 3.34. The predicted octanol–water partition coefficient (Wildman–Crippen LogP) is 2.69. The van der Waals surface area contributed by atoms with Crippen LogP contribution in [0.25, 0.3) is 0 Å². The smallest absolute Gasteiger partial charge is 0.257 e. The van der Waals surface area contributed by atoms with E-state index in [1.54, 1.807) is 17.0 Å². The molecule has 1 heterocycles. The van der Waals surface area contributed by atoms with E-state index in [0.717, 1.165) is 36.3 Å². The highest BCUT2D eigenvalue weighted by molar-refractivity contribution is 9.10. The standard InChI is InChI=1S/C18H19BrClN3O/c1-22-8-10-23(11-9-22)15-5-3-14(4-6-15)21-18(24)16-12-13(19)2-7-17(16)20/h2-7,12H,8-11H2,1H3,(H,21,24)/p+1. The number of hydrogen-bond acceptors (Lipinski definition) is 2. The number of quaternary nitrogens is 1. The van der Waals surface area contributed by atoms with E-state index in [4.69, 9.17) is 11.6 Å². The Kier molecular flexibility index (Phi) is 5.43. The average Bonchev–Trinajstić information content (AvgIpc) is 2.58. The van der Waals surface area contributed by atoms with E-state index in [0.29, 0.717) is 10.6 Å². The summed E-state index contributed by atoms with van der Waals surface area (Å²) >= 11 is 9.47. The van der Waals surface area contributed by atoms with E-state index in [1.165, 1.54) is 5.69 Å². The Labute approximate surface area is 155 Å². The normalized spacial score (nSPS) is 15.4. The maximum Gasteiger partial charge on any atom is 0.257 e. The monoisotopic (exact) mass is 408 g/mol. The molecule has 0 saturated carbocycles. The molecule has 2 aromatic carbocycles. The van der Waals surface area contributed by atoms with Crippen LogP contribution in [-0.4, -0.2) is 39.1 Å². The van der Waals surface area contributed by atoms with Gasteiger partial charge in [-0.3, -0.25) is 4.79 Å². The first-order chi connectivity index (χ1) is 11.5. The number of benzene rings is 2. The molecule has 126 valence electrons. The van der Waals surface area contributed by atoms with Gasteiger partial charge in [0.2, 0.25) is 0 Å². The van der Waals surface area contributed by atoms with Crippen molar-refractivity contribution in [3.63, 3.8) is 0 Å². The zero-order valence-electron chi connectivity index (χ0n) is 13.5. The molecule has 0 aliphatic carbocycles. The van der Waals surface area contributed by atoms with Gasteiger partial charge in [-0.05, 0) is 42.5 Å². The summed E-state index contributed by atoms with van der Waals surface area (Å²) in [6, 6.07) is 13.2. The number of piperazine rings is 1. The Bertz CT molecular complexity index is 728. The Morgan fingerprint density at radius 3 is 2.50 bits per heavy atom. The second-order valence-electron chi connectivity index (χ2n) is 6.07. The number of hydrogen-bond donors (Lipinski definition) is 2. The van der Waals surface area contributed by atoms with Gasteiger partial charge < -0.3 is 15.1 Å². The maximum atomic E-state index is 12.4. The lowest BCUT2D eigenvalue weighted by Gasteiger charge is -2.31. The van der Waals surface area contributed by atoms with Crippen molar-refractivity contribution < 1.29 is 9.69 Å². The van der Waals surface area contributed by atoms with E-state index in [9.17, 15) is 4.79 Å². The lowest BCUT2D eigenvalue weighted by molar-refractivity contribution is -0.880. The largest absolute Gasteiger partial charge is 0.360 e. The summed E-state index contributed by atoms with van der Waals surface area (Å²) in [7, 11) is 2.23. The zero-order valence-corrected chi connectivity index (χ0v) is 15.8. The molecule has 0 atom stereocenters. The summed E-state index contributed by atoms with van der Waals surface area (Å²) in [5.41, 5.74) is 2.41. The van der Waals surface area contributed by atoms with Crippen LogP contribution in [0.5, 0.6) is 0 Å². The van der Waals surface area contributed by atoms with Gasteiger partial charge in [0, 0.05) is 15.8 Å². The third-order valence-electron chi connectivity index (χ3n) is 4.28. The van der Waals surface area contributed by atoms with Crippen LogP contribution in [0.2, 0.25) is 5.02 Å². The molecule has 1 fully saturated rings. The fourth-order valence-electron chi connectivity index (χ4n) is 2.77. The van der Waals surface area contributed by atoms with Crippen LogP contribution in [0.4, 0.5) is 11.4 Å². The molecule has 1 amide bonds. The molecule has 1 aliphatic heterocycles. The number of carbonyl (C=O) groups is 1. The molecule has 4 nitrogen and oxygen atoms in total. The minimum absolute atomic E-state index is 0.211. The number of anilines is 2. The molecule has 6 heteroatoms. The Morgan fingerprint density at radius 1 is 1.17 bits per heavy atom. The van der Waals surface area contributed by atoms with Gasteiger partial charge in [-0.1, -0.05) is 27.5 Å². The van der Waals surface area contributed by atoms with E-state index in [1.807, 2.05) is 18.2 Å². The van der Waals surface area contributed by atoms with Gasteiger partial charge in [-0.2, -0.15) is 0 Å². The Hall–Kier alpha value is -1.56. The molecule has 0 unspecified atom stereocenters. The molecular formula is C18H20BrClN3O+. The van der Waals surface area contributed by atoms with Crippen molar-refractivity contribution in [3.8, 4) is 0 Å². The van der Waals surface area contributed by atoms with E-state index < -0.39 is 0 Å². The Morgan fingerprint density at radius 2 is 1.83 bits per heavy atom. The zero-order chi connectivity index (χ0) is 17.1. The van der Waals surface area contributed by atoms with Crippen molar-refractivity contribution in [1.82, 2.24) is 0 Å². The molecule has 0 aromatic heterocycles. The number of amides is 1. The van der Waals surface area contributed by atoms with Crippen LogP contribution >= 0.6 is 27.5 Å². The molecule has 1 aliphatic rings. The van der Waals surface area contributed by atoms with Gasteiger partial charge in [-0.15, -0.1) is 0 Å². The quantitative estimate of drug-likeness (QED) is 0.818. The maximum absolute atomic E-state index is 12.4. The first-order valence-electron chi connectivity index (χ1n) is 7.95. The summed E-state index contributed by atoms with van der Waals surface area (Å²) in [5, 5.41) is 3.33. The molecule has 24 heavy (non-hydrogen) atoms. The number of nitrogens with zero attached hydrogens (tertiary/aromatic N) is 1. The van der Waals surface area contributed by atoms with Gasteiger partial charge in [-0.25, -0.2) is 0 Å². The predicted molar refractivity (Wildman–Crippen MR) is 102 cm³/mol. The van der Waals surface area contributed by atoms with Crippen molar-refractivity contribution in [2.75, 3.05) is 43.4 Å². The van der Waals surface area contributed by atoms with Crippen molar-refractivity contribution in [3.05, 3.63) is 57.5 Å². The van der Waals surface area contributed by atoms with Gasteiger partial charge in [0.15, 0.2) is 0 Å². The number of carbonyl (C=O) groups excluding carboxylic acids is 1. The molecule has 0 radical (unpaired) electrons. The number of rotatable bonds is 3. The third kappa shape index (κ3) is 4.09. The summed E-state index contributed by atoms with van der Waals surface area (Å²) in [5.74, 6) is -0.211. The molecule has 0 spiro atoms. The van der Waals surface area contributed by atoms with Crippen LogP contribution in [0, 0.1) is 0 Å². The fraction of sp³-hybridized carbons (Fsp3) is 0.278. The van der Waals surface area contributed by atoms with Crippen LogP contribution in [0.15, 0.2) is 46.9 Å². The summed E-state index contributed by atoms with van der Waals surface area (Å²) in [4.78, 5) is 16.3. The molecule has 3 rings (SSSR count). The molecule has 0 bridgehead atoms. The average molecular weight is 410 g/mol. The van der Waals surface area contributed by atoms with Gasteiger partial charge in [0.05, 0.1) is 43.8 Å². The summed E-state index contributed by atoms with van der Waals surface area (Å²) in [6.07, 6.45) is 0. The number of halogens is 2. The molecule has 2 aromatic rings. The third-order valence-corrected chi connectivity index (χ3v) is 5.10. The first kappa shape index (κ1) is 17.3. The second-order valence-corrected chi connectivity index (χ2v) is 7.39. The van der Waals surface area contributed by atoms with Crippen LogP contribution < -0.4 is 15.1 Å². The van der Waals surface area contributed by atoms with Crippen LogP contribution in [-0.2, 0) is 0 Å². The highest BCUT2D eigenvalue weighted by Gasteiger charge is 2.17. The van der Waals surface area contributed by atoms with Crippen molar-refractivity contribution in [1.29, 1.82) is 0 Å². The lowest BCUT2D eigenvalue weighted by Crippen LogP contribution is -3.12. The topological polar surface area (TPSA) is 36.8 Å². The minimum Gasteiger partial charge on any atom is -0.360 e. The lowest BCUT2D eigenvalue weighted by atomic mass is 10.2. The SMILES string of the molecule is C[NH+]1CCN(c2ccc(NC(=O)c3cc(Br)ccc3Cl)cc2)CC1. The first-order valence-corrected chi connectivity index (χ1v) is 9.13. The van der Waals surface area contributed by atoms with E-state index >= 15 is 0 Å². The molecular weight excluding hydrogens is 390 g/mol.